The number of carboxylic acids is 1. The van der Waals surface area contributed by atoms with Crippen LogP contribution in [0.2, 0.25) is 0 Å². The summed E-state index contributed by atoms with van der Waals surface area (Å²) in [4.78, 5) is 24.3. The highest BCUT2D eigenvalue weighted by atomic mass is 16.5. The number of aliphatic carboxylic acids is 1. The average molecular weight is 252 g/mol. The summed E-state index contributed by atoms with van der Waals surface area (Å²) in [6.45, 7) is 4.02. The average Bonchev–Trinajstić information content (AvgIpc) is 3.05. The van der Waals surface area contributed by atoms with Gasteiger partial charge >= 0.3 is 5.97 Å². The van der Waals surface area contributed by atoms with Gasteiger partial charge in [0.1, 0.15) is 5.76 Å². The van der Waals surface area contributed by atoms with Crippen LogP contribution in [0.5, 0.6) is 0 Å². The standard InChI is InChI=1S/C12H16N2O4/c1-6-10(7(2)18-13-6)5-14(3)11(15)8-4-9(8)12(16)17/h8-9H,4-5H2,1-3H3,(H,16,17)/t8-,9-/m1/s1. The lowest BCUT2D eigenvalue weighted by Gasteiger charge is -2.16. The van der Waals surface area contributed by atoms with E-state index in [9.17, 15) is 9.59 Å². The van der Waals surface area contributed by atoms with Gasteiger partial charge in [-0.2, -0.15) is 0 Å². The Hall–Kier alpha value is -1.85. The first-order valence-corrected chi connectivity index (χ1v) is 5.81. The van der Waals surface area contributed by atoms with Crippen molar-refractivity contribution in [2.45, 2.75) is 26.8 Å². The maximum Gasteiger partial charge on any atom is 0.307 e. The van der Waals surface area contributed by atoms with Crippen LogP contribution in [0.25, 0.3) is 0 Å². The third kappa shape index (κ3) is 2.23. The number of nitrogens with zero attached hydrogens (tertiary/aromatic N) is 2. The van der Waals surface area contributed by atoms with E-state index in [0.29, 0.717) is 18.7 Å². The van der Waals surface area contributed by atoms with E-state index in [1.807, 2.05) is 6.92 Å². The number of aromatic nitrogens is 1. The molecule has 0 spiro atoms. The van der Waals surface area contributed by atoms with Gasteiger partial charge in [-0.3, -0.25) is 9.59 Å². The van der Waals surface area contributed by atoms with E-state index in [2.05, 4.69) is 5.16 Å². The van der Waals surface area contributed by atoms with Crippen LogP contribution < -0.4 is 0 Å². The van der Waals surface area contributed by atoms with Crippen molar-refractivity contribution in [3.05, 3.63) is 17.0 Å². The van der Waals surface area contributed by atoms with E-state index in [1.54, 1.807) is 18.9 Å². The lowest BCUT2D eigenvalue weighted by atomic mass is 10.2. The van der Waals surface area contributed by atoms with Crippen molar-refractivity contribution in [2.75, 3.05) is 7.05 Å². The molecule has 6 heteroatoms. The van der Waals surface area contributed by atoms with Crippen LogP contribution in [0.15, 0.2) is 4.52 Å². The van der Waals surface area contributed by atoms with E-state index >= 15 is 0 Å². The number of hydrogen-bond acceptors (Lipinski definition) is 4. The van der Waals surface area contributed by atoms with Gasteiger partial charge in [-0.15, -0.1) is 0 Å². The molecule has 6 nitrogen and oxygen atoms in total. The Morgan fingerprint density at radius 1 is 1.44 bits per heavy atom. The Morgan fingerprint density at radius 2 is 2.11 bits per heavy atom. The Labute approximate surface area is 105 Å². The quantitative estimate of drug-likeness (QED) is 0.863. The third-order valence-electron chi connectivity index (χ3n) is 3.38. The molecule has 1 aromatic rings. The fourth-order valence-corrected chi connectivity index (χ4v) is 2.07. The summed E-state index contributed by atoms with van der Waals surface area (Å²) in [5.74, 6) is -1.20. The van der Waals surface area contributed by atoms with Crippen molar-refractivity contribution >= 4 is 11.9 Å². The minimum atomic E-state index is -0.890. The summed E-state index contributed by atoms with van der Waals surface area (Å²) >= 11 is 0. The molecule has 0 radical (unpaired) electrons. The first-order chi connectivity index (χ1) is 8.41. The SMILES string of the molecule is Cc1noc(C)c1CN(C)C(=O)[C@@H]1C[C@H]1C(=O)O. The summed E-state index contributed by atoms with van der Waals surface area (Å²) < 4.78 is 5.03. The van der Waals surface area contributed by atoms with Gasteiger partial charge in [-0.05, 0) is 20.3 Å². The van der Waals surface area contributed by atoms with Crippen LogP contribution in [-0.4, -0.2) is 34.1 Å². The van der Waals surface area contributed by atoms with Crippen LogP contribution >= 0.6 is 0 Å². The number of carboxylic acid groups (broad SMARTS) is 1. The zero-order valence-electron chi connectivity index (χ0n) is 10.6. The molecule has 1 fully saturated rings. The van der Waals surface area contributed by atoms with Crippen LogP contribution in [-0.2, 0) is 16.1 Å². The highest BCUT2D eigenvalue weighted by Gasteiger charge is 2.49. The van der Waals surface area contributed by atoms with E-state index in [0.717, 1.165) is 11.3 Å². The number of carbonyl (C=O) groups excluding carboxylic acids is 1. The first-order valence-electron chi connectivity index (χ1n) is 5.81. The zero-order chi connectivity index (χ0) is 13.4. The Kier molecular flexibility index (Phi) is 3.11. The molecule has 0 aliphatic heterocycles. The van der Waals surface area contributed by atoms with Crippen LogP contribution in [0.4, 0.5) is 0 Å². The van der Waals surface area contributed by atoms with Crippen molar-refractivity contribution in [3.63, 3.8) is 0 Å². The van der Waals surface area contributed by atoms with E-state index < -0.39 is 11.9 Å². The molecule has 1 aliphatic rings. The second-order valence-corrected chi connectivity index (χ2v) is 4.78. The molecule has 1 aliphatic carbocycles. The molecule has 0 unspecified atom stereocenters. The number of aryl methyl sites for hydroxylation is 2. The van der Waals surface area contributed by atoms with Crippen LogP contribution in [0.1, 0.15) is 23.4 Å². The number of rotatable bonds is 4. The summed E-state index contributed by atoms with van der Waals surface area (Å²) in [6, 6.07) is 0. The highest BCUT2D eigenvalue weighted by molar-refractivity contribution is 5.89. The molecule has 2 rings (SSSR count). The fraction of sp³-hybridized carbons (Fsp3) is 0.583. The van der Waals surface area contributed by atoms with Crippen molar-refractivity contribution in [2.24, 2.45) is 11.8 Å². The van der Waals surface area contributed by atoms with Crippen LogP contribution in [0.3, 0.4) is 0 Å². The predicted molar refractivity (Wildman–Crippen MR) is 61.7 cm³/mol. The lowest BCUT2D eigenvalue weighted by molar-refractivity contribution is -0.141. The summed E-state index contributed by atoms with van der Waals surface area (Å²) in [5, 5.41) is 12.6. The van der Waals surface area contributed by atoms with E-state index in [4.69, 9.17) is 9.63 Å². The second-order valence-electron chi connectivity index (χ2n) is 4.78. The minimum absolute atomic E-state index is 0.123. The highest BCUT2D eigenvalue weighted by Crippen LogP contribution is 2.40. The largest absolute Gasteiger partial charge is 0.481 e. The molecule has 2 atom stereocenters. The van der Waals surface area contributed by atoms with Crippen molar-refractivity contribution in [1.82, 2.24) is 10.1 Å². The Bertz CT molecular complexity index is 475. The monoisotopic (exact) mass is 252 g/mol. The number of carbonyl (C=O) groups is 2. The smallest absolute Gasteiger partial charge is 0.307 e. The molecule has 1 aromatic heterocycles. The minimum Gasteiger partial charge on any atom is -0.481 e. The summed E-state index contributed by atoms with van der Waals surface area (Å²) in [7, 11) is 1.67. The van der Waals surface area contributed by atoms with E-state index in [1.165, 1.54) is 0 Å². The summed E-state index contributed by atoms with van der Waals surface area (Å²) in [5.41, 5.74) is 1.65. The molecule has 1 saturated carbocycles. The van der Waals surface area contributed by atoms with Gasteiger partial charge in [0.05, 0.1) is 24.1 Å². The molecule has 1 heterocycles. The van der Waals surface area contributed by atoms with Gasteiger partial charge in [-0.1, -0.05) is 5.16 Å². The van der Waals surface area contributed by atoms with E-state index in [-0.39, 0.29) is 11.8 Å². The molecule has 1 N–H and O–H groups in total. The van der Waals surface area contributed by atoms with Crippen molar-refractivity contribution in [1.29, 1.82) is 0 Å². The van der Waals surface area contributed by atoms with Gasteiger partial charge in [0.25, 0.3) is 0 Å². The Balaban J connectivity index is 1.99. The zero-order valence-corrected chi connectivity index (χ0v) is 10.6. The van der Waals surface area contributed by atoms with Crippen molar-refractivity contribution in [3.8, 4) is 0 Å². The maximum atomic E-state index is 12.0. The predicted octanol–water partition coefficient (Wildman–Crippen LogP) is 0.971. The Morgan fingerprint density at radius 3 is 2.56 bits per heavy atom. The molecule has 98 valence electrons. The lowest BCUT2D eigenvalue weighted by Crippen LogP contribution is -2.29. The number of amides is 1. The molecular weight excluding hydrogens is 236 g/mol. The second kappa shape index (κ2) is 4.44. The third-order valence-corrected chi connectivity index (χ3v) is 3.38. The van der Waals surface area contributed by atoms with Gasteiger partial charge < -0.3 is 14.5 Å². The maximum absolute atomic E-state index is 12.0. The van der Waals surface area contributed by atoms with Gasteiger partial charge in [0.2, 0.25) is 5.91 Å². The van der Waals surface area contributed by atoms with Gasteiger partial charge in [-0.25, -0.2) is 0 Å². The first kappa shape index (κ1) is 12.6. The molecule has 0 saturated heterocycles. The molecule has 0 bridgehead atoms. The molecule has 18 heavy (non-hydrogen) atoms. The molecule has 0 aromatic carbocycles. The normalized spacial score (nSPS) is 21.7. The van der Waals surface area contributed by atoms with Crippen LogP contribution in [0, 0.1) is 25.7 Å². The number of hydrogen-bond donors (Lipinski definition) is 1. The van der Waals surface area contributed by atoms with Gasteiger partial charge in [0, 0.05) is 12.6 Å². The molecule has 1 amide bonds. The topological polar surface area (TPSA) is 83.6 Å². The van der Waals surface area contributed by atoms with Gasteiger partial charge in [0.15, 0.2) is 0 Å². The molecular formula is C12H16N2O4. The van der Waals surface area contributed by atoms with Crippen molar-refractivity contribution < 1.29 is 19.2 Å². The fourth-order valence-electron chi connectivity index (χ4n) is 2.07. The summed E-state index contributed by atoms with van der Waals surface area (Å²) in [6.07, 6.45) is 0.445.